The van der Waals surface area contributed by atoms with Gasteiger partial charge >= 0.3 is 0 Å². The third-order valence-corrected chi connectivity index (χ3v) is 4.37. The Morgan fingerprint density at radius 2 is 2.09 bits per heavy atom. The summed E-state index contributed by atoms with van der Waals surface area (Å²) in [5.74, 6) is -0.333. The summed E-state index contributed by atoms with van der Waals surface area (Å²) in [6.07, 6.45) is 0.0717. The first kappa shape index (κ1) is 15.4. The standard InChI is InChI=1S/C15H15N3O4S/c1-2-23-15-17-13-12(14(22)18-15)8(6-11(21)16-13)7-3-4-9(19)10(20)5-7/h3-5,8,19-20H,2,6H2,1H3,(H2,16,17,18,21,22)/t8-/m1/s1. The number of aromatic amines is 1. The highest BCUT2D eigenvalue weighted by Crippen LogP contribution is 2.37. The highest BCUT2D eigenvalue weighted by Gasteiger charge is 2.31. The molecule has 0 saturated carbocycles. The first-order chi connectivity index (χ1) is 11.0. The van der Waals surface area contributed by atoms with E-state index in [-0.39, 0.29) is 35.2 Å². The summed E-state index contributed by atoms with van der Waals surface area (Å²) in [4.78, 5) is 31.4. The number of nitrogens with one attached hydrogen (secondary N) is 2. The predicted octanol–water partition coefficient (Wildman–Crippen LogP) is 1.77. The highest BCUT2D eigenvalue weighted by atomic mass is 32.2. The van der Waals surface area contributed by atoms with Gasteiger partial charge in [0.15, 0.2) is 16.7 Å². The van der Waals surface area contributed by atoms with Gasteiger partial charge in [-0.2, -0.15) is 0 Å². The Kier molecular flexibility index (Phi) is 3.99. The van der Waals surface area contributed by atoms with Gasteiger partial charge in [0, 0.05) is 12.3 Å². The van der Waals surface area contributed by atoms with Crippen LogP contribution in [0.2, 0.25) is 0 Å². The molecule has 2 heterocycles. The van der Waals surface area contributed by atoms with Crippen molar-refractivity contribution in [1.29, 1.82) is 0 Å². The van der Waals surface area contributed by atoms with Crippen molar-refractivity contribution in [2.75, 3.05) is 11.1 Å². The second kappa shape index (κ2) is 5.96. The van der Waals surface area contributed by atoms with E-state index < -0.39 is 5.92 Å². The van der Waals surface area contributed by atoms with Gasteiger partial charge in [0.25, 0.3) is 5.56 Å². The molecule has 0 spiro atoms. The van der Waals surface area contributed by atoms with Gasteiger partial charge in [-0.15, -0.1) is 0 Å². The molecule has 1 aliphatic heterocycles. The molecule has 1 aromatic carbocycles. The largest absolute Gasteiger partial charge is 0.504 e. The number of phenols is 2. The molecule has 0 radical (unpaired) electrons. The van der Waals surface area contributed by atoms with Crippen LogP contribution in [-0.4, -0.2) is 31.8 Å². The van der Waals surface area contributed by atoms with Crippen LogP contribution in [0.1, 0.15) is 30.4 Å². The lowest BCUT2D eigenvalue weighted by atomic mass is 9.86. The molecule has 2 aromatic rings. The van der Waals surface area contributed by atoms with Crippen LogP contribution in [0.15, 0.2) is 28.2 Å². The maximum atomic E-state index is 12.4. The molecule has 0 aliphatic carbocycles. The second-order valence-electron chi connectivity index (χ2n) is 5.12. The SMILES string of the molecule is CCSc1nc2c(c(=O)[nH]1)[C@@H](c1ccc(O)c(O)c1)CC(=O)N2. The molecule has 3 rings (SSSR count). The monoisotopic (exact) mass is 333 g/mol. The predicted molar refractivity (Wildman–Crippen MR) is 86.1 cm³/mol. The molecule has 0 fully saturated rings. The molecular formula is C15H15N3O4S. The normalized spacial score (nSPS) is 16.7. The zero-order valence-electron chi connectivity index (χ0n) is 12.3. The van der Waals surface area contributed by atoms with Gasteiger partial charge in [-0.05, 0) is 23.4 Å². The lowest BCUT2D eigenvalue weighted by molar-refractivity contribution is -0.116. The summed E-state index contributed by atoms with van der Waals surface area (Å²) in [5.41, 5.74) is 0.609. The number of H-pyrrole nitrogens is 1. The van der Waals surface area contributed by atoms with Crippen molar-refractivity contribution in [2.45, 2.75) is 24.4 Å². The molecule has 1 atom stereocenters. The molecule has 0 saturated heterocycles. The Balaban J connectivity index is 2.13. The number of hydrogen-bond acceptors (Lipinski definition) is 6. The smallest absolute Gasteiger partial charge is 0.257 e. The molecule has 8 heteroatoms. The van der Waals surface area contributed by atoms with Gasteiger partial charge in [0.1, 0.15) is 5.82 Å². The van der Waals surface area contributed by atoms with Crippen molar-refractivity contribution < 1.29 is 15.0 Å². The Bertz CT molecular complexity index is 834. The summed E-state index contributed by atoms with van der Waals surface area (Å²) in [6, 6.07) is 4.27. The zero-order chi connectivity index (χ0) is 16.6. The minimum absolute atomic E-state index is 0.0717. The molecule has 120 valence electrons. The number of fused-ring (bicyclic) bond motifs is 1. The van der Waals surface area contributed by atoms with Gasteiger partial charge < -0.3 is 20.5 Å². The van der Waals surface area contributed by atoms with E-state index in [1.807, 2.05) is 6.92 Å². The van der Waals surface area contributed by atoms with E-state index in [4.69, 9.17) is 0 Å². The van der Waals surface area contributed by atoms with Crippen molar-refractivity contribution in [1.82, 2.24) is 9.97 Å². The average Bonchev–Trinajstić information content (AvgIpc) is 2.49. The number of benzene rings is 1. The number of anilines is 1. The Morgan fingerprint density at radius 1 is 1.30 bits per heavy atom. The Labute approximate surface area is 135 Å². The maximum absolute atomic E-state index is 12.4. The van der Waals surface area contributed by atoms with Crippen molar-refractivity contribution in [2.24, 2.45) is 0 Å². The van der Waals surface area contributed by atoms with E-state index in [0.29, 0.717) is 16.3 Å². The minimum atomic E-state index is -0.526. The molecule has 1 aromatic heterocycles. The number of rotatable bonds is 3. The van der Waals surface area contributed by atoms with Crippen LogP contribution in [0.25, 0.3) is 0 Å². The zero-order valence-corrected chi connectivity index (χ0v) is 13.1. The first-order valence-corrected chi connectivity index (χ1v) is 8.07. The minimum Gasteiger partial charge on any atom is -0.504 e. The summed E-state index contributed by atoms with van der Waals surface area (Å²) >= 11 is 1.37. The third kappa shape index (κ3) is 2.89. The first-order valence-electron chi connectivity index (χ1n) is 7.08. The van der Waals surface area contributed by atoms with Gasteiger partial charge in [-0.3, -0.25) is 9.59 Å². The number of phenolic OH excluding ortho intramolecular Hbond substituents is 2. The average molecular weight is 333 g/mol. The lowest BCUT2D eigenvalue weighted by Crippen LogP contribution is -2.31. The van der Waals surface area contributed by atoms with E-state index in [2.05, 4.69) is 15.3 Å². The Morgan fingerprint density at radius 3 is 2.78 bits per heavy atom. The molecule has 1 aliphatic rings. The van der Waals surface area contributed by atoms with Gasteiger partial charge in [0.2, 0.25) is 5.91 Å². The van der Waals surface area contributed by atoms with Crippen LogP contribution < -0.4 is 10.9 Å². The van der Waals surface area contributed by atoms with Crippen LogP contribution in [0.5, 0.6) is 11.5 Å². The van der Waals surface area contributed by atoms with Crippen LogP contribution in [0.4, 0.5) is 5.82 Å². The van der Waals surface area contributed by atoms with Crippen LogP contribution in [-0.2, 0) is 4.79 Å². The van der Waals surface area contributed by atoms with Gasteiger partial charge in [-0.25, -0.2) is 4.98 Å². The second-order valence-corrected chi connectivity index (χ2v) is 6.37. The van der Waals surface area contributed by atoms with Crippen LogP contribution >= 0.6 is 11.8 Å². The van der Waals surface area contributed by atoms with Crippen molar-refractivity contribution in [3.05, 3.63) is 39.7 Å². The molecule has 4 N–H and O–H groups in total. The molecule has 7 nitrogen and oxygen atoms in total. The van der Waals surface area contributed by atoms with Gasteiger partial charge in [-0.1, -0.05) is 24.8 Å². The topological polar surface area (TPSA) is 115 Å². The highest BCUT2D eigenvalue weighted by molar-refractivity contribution is 7.99. The number of aromatic nitrogens is 2. The van der Waals surface area contributed by atoms with Crippen molar-refractivity contribution >= 4 is 23.5 Å². The Hall–Kier alpha value is -2.48. The molecule has 0 unspecified atom stereocenters. The number of nitrogens with zero attached hydrogens (tertiary/aromatic N) is 1. The van der Waals surface area contributed by atoms with Crippen molar-refractivity contribution in [3.63, 3.8) is 0 Å². The summed E-state index contributed by atoms with van der Waals surface area (Å²) in [5, 5.41) is 22.2. The quantitative estimate of drug-likeness (QED) is 0.386. The lowest BCUT2D eigenvalue weighted by Gasteiger charge is -2.24. The van der Waals surface area contributed by atoms with Gasteiger partial charge in [0.05, 0.1) is 5.56 Å². The number of carbonyl (C=O) groups excluding carboxylic acids is 1. The molecule has 23 heavy (non-hydrogen) atoms. The molecule has 1 amide bonds. The third-order valence-electron chi connectivity index (χ3n) is 3.61. The van der Waals surface area contributed by atoms with E-state index >= 15 is 0 Å². The fourth-order valence-corrected chi connectivity index (χ4v) is 3.19. The van der Waals surface area contributed by atoms with Crippen LogP contribution in [0.3, 0.4) is 0 Å². The number of amides is 1. The van der Waals surface area contributed by atoms with E-state index in [1.165, 1.54) is 23.9 Å². The van der Waals surface area contributed by atoms with E-state index in [0.717, 1.165) is 5.75 Å². The maximum Gasteiger partial charge on any atom is 0.257 e. The number of thioether (sulfide) groups is 1. The molecular weight excluding hydrogens is 318 g/mol. The fourth-order valence-electron chi connectivity index (χ4n) is 2.60. The fraction of sp³-hybridized carbons (Fsp3) is 0.267. The number of hydrogen-bond donors (Lipinski definition) is 4. The van der Waals surface area contributed by atoms with Crippen molar-refractivity contribution in [3.8, 4) is 11.5 Å². The van der Waals surface area contributed by atoms with E-state index in [9.17, 15) is 19.8 Å². The molecule has 0 bridgehead atoms. The van der Waals surface area contributed by atoms with E-state index in [1.54, 1.807) is 6.07 Å². The number of carbonyl (C=O) groups is 1. The summed E-state index contributed by atoms with van der Waals surface area (Å²) < 4.78 is 0. The summed E-state index contributed by atoms with van der Waals surface area (Å²) in [7, 11) is 0. The number of aromatic hydroxyl groups is 2. The summed E-state index contributed by atoms with van der Waals surface area (Å²) in [6.45, 7) is 1.94. The van der Waals surface area contributed by atoms with Crippen LogP contribution in [0, 0.1) is 0 Å².